The lowest BCUT2D eigenvalue weighted by molar-refractivity contribution is 0.0552. The van der Waals surface area contributed by atoms with E-state index in [4.69, 9.17) is 14.6 Å². The van der Waals surface area contributed by atoms with Crippen molar-refractivity contribution in [2.75, 3.05) is 19.8 Å². The fourth-order valence-electron chi connectivity index (χ4n) is 1.30. The SMILES string of the molecule is CC(C)OCCOc1cc(F)cc(C#CCO)c1. The molecule has 3 nitrogen and oxygen atoms in total. The first-order valence-electron chi connectivity index (χ1n) is 5.76. The number of aliphatic hydroxyl groups excluding tert-OH is 1. The van der Waals surface area contributed by atoms with E-state index in [2.05, 4.69) is 11.8 Å². The Labute approximate surface area is 107 Å². The van der Waals surface area contributed by atoms with E-state index >= 15 is 0 Å². The predicted octanol–water partition coefficient (Wildman–Crippen LogP) is 1.97. The van der Waals surface area contributed by atoms with Crippen molar-refractivity contribution in [3.63, 3.8) is 0 Å². The second-order valence-corrected chi connectivity index (χ2v) is 3.90. The number of hydrogen-bond donors (Lipinski definition) is 1. The van der Waals surface area contributed by atoms with Crippen molar-refractivity contribution < 1.29 is 19.0 Å². The van der Waals surface area contributed by atoms with E-state index in [9.17, 15) is 4.39 Å². The second kappa shape index (κ2) is 7.70. The van der Waals surface area contributed by atoms with Crippen LogP contribution in [0.1, 0.15) is 19.4 Å². The molecule has 0 amide bonds. The van der Waals surface area contributed by atoms with Gasteiger partial charge in [0.2, 0.25) is 0 Å². The number of rotatable bonds is 5. The van der Waals surface area contributed by atoms with Crippen LogP contribution in [0.2, 0.25) is 0 Å². The van der Waals surface area contributed by atoms with Gasteiger partial charge in [-0.25, -0.2) is 4.39 Å². The average Bonchev–Trinajstić information content (AvgIpc) is 2.31. The zero-order valence-corrected chi connectivity index (χ0v) is 10.6. The maximum absolute atomic E-state index is 13.3. The Balaban J connectivity index is 2.57. The van der Waals surface area contributed by atoms with Crippen molar-refractivity contribution in [3.05, 3.63) is 29.6 Å². The first kappa shape index (κ1) is 14.5. The number of ether oxygens (including phenoxy) is 2. The summed E-state index contributed by atoms with van der Waals surface area (Å²) in [4.78, 5) is 0. The monoisotopic (exact) mass is 252 g/mol. The van der Waals surface area contributed by atoms with Crippen LogP contribution in [0.25, 0.3) is 0 Å². The van der Waals surface area contributed by atoms with Crippen molar-refractivity contribution in [2.45, 2.75) is 20.0 Å². The summed E-state index contributed by atoms with van der Waals surface area (Å²) in [7, 11) is 0. The minimum absolute atomic E-state index is 0.145. The van der Waals surface area contributed by atoms with Gasteiger partial charge < -0.3 is 14.6 Å². The van der Waals surface area contributed by atoms with Gasteiger partial charge in [0.25, 0.3) is 0 Å². The van der Waals surface area contributed by atoms with E-state index < -0.39 is 5.82 Å². The molecule has 0 unspecified atom stereocenters. The number of hydrogen-bond acceptors (Lipinski definition) is 3. The maximum atomic E-state index is 13.3. The van der Waals surface area contributed by atoms with Crippen LogP contribution >= 0.6 is 0 Å². The molecule has 0 aromatic heterocycles. The highest BCUT2D eigenvalue weighted by atomic mass is 19.1. The van der Waals surface area contributed by atoms with Crippen LogP contribution in [0.5, 0.6) is 5.75 Å². The molecule has 18 heavy (non-hydrogen) atoms. The molecular formula is C14H17FO3. The zero-order valence-electron chi connectivity index (χ0n) is 10.6. The molecule has 0 fully saturated rings. The molecule has 0 aliphatic rings. The molecule has 0 aliphatic carbocycles. The molecule has 0 atom stereocenters. The molecule has 0 radical (unpaired) electrons. The van der Waals surface area contributed by atoms with Crippen molar-refractivity contribution >= 4 is 0 Å². The Bertz CT molecular complexity index is 432. The topological polar surface area (TPSA) is 38.7 Å². The summed E-state index contributed by atoms with van der Waals surface area (Å²) in [5, 5.41) is 8.58. The van der Waals surface area contributed by atoms with Crippen LogP contribution in [-0.2, 0) is 4.74 Å². The molecule has 1 aromatic carbocycles. The lowest BCUT2D eigenvalue weighted by atomic mass is 10.2. The van der Waals surface area contributed by atoms with E-state index in [1.54, 1.807) is 6.07 Å². The minimum atomic E-state index is -0.417. The Morgan fingerprint density at radius 2 is 2.06 bits per heavy atom. The molecule has 1 rings (SSSR count). The molecule has 0 saturated carbocycles. The van der Waals surface area contributed by atoms with Crippen LogP contribution < -0.4 is 4.74 Å². The molecule has 1 N–H and O–H groups in total. The van der Waals surface area contributed by atoms with Crippen LogP contribution in [0, 0.1) is 17.7 Å². The summed E-state index contributed by atoms with van der Waals surface area (Å²) in [5.74, 6) is 5.08. The fourth-order valence-corrected chi connectivity index (χ4v) is 1.30. The quantitative estimate of drug-likeness (QED) is 0.643. The van der Waals surface area contributed by atoms with Crippen molar-refractivity contribution in [1.29, 1.82) is 0 Å². The second-order valence-electron chi connectivity index (χ2n) is 3.90. The molecular weight excluding hydrogens is 235 g/mol. The first-order chi connectivity index (χ1) is 8.61. The lowest BCUT2D eigenvalue weighted by Gasteiger charge is -2.09. The van der Waals surface area contributed by atoms with Crippen LogP contribution in [0.4, 0.5) is 4.39 Å². The summed E-state index contributed by atoms with van der Waals surface area (Å²) >= 11 is 0. The first-order valence-corrected chi connectivity index (χ1v) is 5.76. The number of aliphatic hydroxyl groups is 1. The third kappa shape index (κ3) is 5.67. The Morgan fingerprint density at radius 3 is 2.72 bits per heavy atom. The van der Waals surface area contributed by atoms with E-state index in [1.165, 1.54) is 12.1 Å². The fraction of sp³-hybridized carbons (Fsp3) is 0.429. The zero-order chi connectivity index (χ0) is 13.4. The summed E-state index contributed by atoms with van der Waals surface area (Å²) in [6.07, 6.45) is 0.145. The van der Waals surface area contributed by atoms with Crippen LogP contribution in [-0.4, -0.2) is 31.0 Å². The Morgan fingerprint density at radius 1 is 1.28 bits per heavy atom. The summed E-state index contributed by atoms with van der Waals surface area (Å²) in [6.45, 7) is 4.42. The summed E-state index contributed by atoms with van der Waals surface area (Å²) in [5.41, 5.74) is 0.476. The van der Waals surface area contributed by atoms with Gasteiger partial charge in [0.1, 0.15) is 24.8 Å². The van der Waals surface area contributed by atoms with Crippen LogP contribution in [0.3, 0.4) is 0 Å². The molecule has 4 heteroatoms. The van der Waals surface area contributed by atoms with Crippen LogP contribution in [0.15, 0.2) is 18.2 Å². The third-order valence-electron chi connectivity index (χ3n) is 1.99. The molecule has 0 spiro atoms. The van der Waals surface area contributed by atoms with E-state index in [0.717, 1.165) is 0 Å². The van der Waals surface area contributed by atoms with Crippen molar-refractivity contribution in [3.8, 4) is 17.6 Å². The molecule has 0 saturated heterocycles. The maximum Gasteiger partial charge on any atom is 0.128 e. The third-order valence-corrected chi connectivity index (χ3v) is 1.99. The highest BCUT2D eigenvalue weighted by molar-refractivity contribution is 5.40. The standard InChI is InChI=1S/C14H17FO3/c1-11(2)17-6-7-18-14-9-12(4-3-5-16)8-13(15)10-14/h8-11,16H,5-7H2,1-2H3. The van der Waals surface area contributed by atoms with E-state index in [0.29, 0.717) is 24.5 Å². The molecule has 0 heterocycles. The average molecular weight is 252 g/mol. The smallest absolute Gasteiger partial charge is 0.128 e. The predicted molar refractivity (Wildman–Crippen MR) is 66.9 cm³/mol. The van der Waals surface area contributed by atoms with Gasteiger partial charge in [0.05, 0.1) is 12.7 Å². The van der Waals surface area contributed by atoms with Gasteiger partial charge >= 0.3 is 0 Å². The number of halogens is 1. The van der Waals surface area contributed by atoms with Gasteiger partial charge in [0.15, 0.2) is 0 Å². The summed E-state index contributed by atoms with van der Waals surface area (Å²) in [6, 6.07) is 4.21. The largest absolute Gasteiger partial charge is 0.491 e. The summed E-state index contributed by atoms with van der Waals surface area (Å²) < 4.78 is 23.9. The van der Waals surface area contributed by atoms with Gasteiger partial charge in [-0.05, 0) is 26.0 Å². The molecule has 1 aromatic rings. The highest BCUT2D eigenvalue weighted by Crippen LogP contribution is 2.15. The van der Waals surface area contributed by atoms with Gasteiger partial charge in [0, 0.05) is 11.6 Å². The molecule has 98 valence electrons. The molecule has 0 bridgehead atoms. The highest BCUT2D eigenvalue weighted by Gasteiger charge is 2.01. The molecule has 0 aliphatic heterocycles. The van der Waals surface area contributed by atoms with Gasteiger partial charge in [-0.2, -0.15) is 0 Å². The lowest BCUT2D eigenvalue weighted by Crippen LogP contribution is -2.11. The normalized spacial score (nSPS) is 10.1. The van der Waals surface area contributed by atoms with Gasteiger partial charge in [-0.15, -0.1) is 0 Å². The Kier molecular flexibility index (Phi) is 6.20. The van der Waals surface area contributed by atoms with Gasteiger partial charge in [-0.1, -0.05) is 11.8 Å². The van der Waals surface area contributed by atoms with Crippen molar-refractivity contribution in [2.24, 2.45) is 0 Å². The number of benzene rings is 1. The van der Waals surface area contributed by atoms with E-state index in [-0.39, 0.29) is 12.7 Å². The van der Waals surface area contributed by atoms with Gasteiger partial charge in [-0.3, -0.25) is 0 Å². The minimum Gasteiger partial charge on any atom is -0.491 e. The Hall–Kier alpha value is -1.57. The van der Waals surface area contributed by atoms with Crippen molar-refractivity contribution in [1.82, 2.24) is 0 Å². The van der Waals surface area contributed by atoms with E-state index in [1.807, 2.05) is 13.8 Å².